The Morgan fingerprint density at radius 3 is 2.89 bits per heavy atom. The van der Waals surface area contributed by atoms with Crippen LogP contribution >= 0.6 is 11.8 Å². The molecule has 0 atom stereocenters. The van der Waals surface area contributed by atoms with Crippen LogP contribution < -0.4 is 5.73 Å². The molecule has 0 bridgehead atoms. The van der Waals surface area contributed by atoms with Crippen LogP contribution in [0, 0.1) is 6.92 Å². The van der Waals surface area contributed by atoms with Crippen molar-refractivity contribution in [1.82, 2.24) is 4.90 Å². The second-order valence-corrected chi connectivity index (χ2v) is 5.40. The van der Waals surface area contributed by atoms with Gasteiger partial charge in [0.05, 0.1) is 5.75 Å². The topological polar surface area (TPSA) is 63.4 Å². The van der Waals surface area contributed by atoms with Crippen LogP contribution in [0.3, 0.4) is 0 Å². The molecule has 0 aliphatic carbocycles. The van der Waals surface area contributed by atoms with Crippen molar-refractivity contribution in [1.29, 1.82) is 0 Å². The largest absolute Gasteiger partial charge is 0.399 e. The van der Waals surface area contributed by atoms with E-state index in [1.165, 1.54) is 16.7 Å². The van der Waals surface area contributed by atoms with Gasteiger partial charge in [-0.2, -0.15) is 0 Å². The summed E-state index contributed by atoms with van der Waals surface area (Å²) in [5.74, 6) is 0.154. The van der Waals surface area contributed by atoms with Crippen molar-refractivity contribution in [2.45, 2.75) is 24.7 Å². The van der Waals surface area contributed by atoms with Crippen molar-refractivity contribution in [2.24, 2.45) is 0 Å². The van der Waals surface area contributed by atoms with Gasteiger partial charge in [0.15, 0.2) is 0 Å². The summed E-state index contributed by atoms with van der Waals surface area (Å²) in [5.41, 5.74) is 7.49. The molecular weight excluding hydrogens is 248 g/mol. The second-order valence-electron chi connectivity index (χ2n) is 4.35. The van der Waals surface area contributed by atoms with Gasteiger partial charge in [0.1, 0.15) is 0 Å². The molecule has 1 saturated heterocycles. The molecule has 1 fully saturated rings. The van der Waals surface area contributed by atoms with Crippen LogP contribution in [-0.4, -0.2) is 29.0 Å². The monoisotopic (exact) mass is 264 g/mol. The number of hydrogen-bond acceptors (Lipinski definition) is 4. The molecule has 2 N–H and O–H groups in total. The van der Waals surface area contributed by atoms with Gasteiger partial charge in [0, 0.05) is 23.5 Å². The lowest BCUT2D eigenvalue weighted by atomic mass is 10.2. The predicted molar refractivity (Wildman–Crippen MR) is 72.3 cm³/mol. The molecule has 96 valence electrons. The summed E-state index contributed by atoms with van der Waals surface area (Å²) < 4.78 is 0. The van der Waals surface area contributed by atoms with Crippen LogP contribution in [0.1, 0.15) is 18.4 Å². The molecule has 1 aliphatic heterocycles. The Hall–Kier alpha value is -1.49. The fraction of sp³-hybridized carbons (Fsp3) is 0.385. The minimum atomic E-state index is -0.100. The summed E-state index contributed by atoms with van der Waals surface area (Å²) in [6, 6.07) is 5.69. The number of nitrogen functional groups attached to an aromatic ring is 1. The predicted octanol–water partition coefficient (Wildman–Crippen LogP) is 1.82. The van der Waals surface area contributed by atoms with Crippen molar-refractivity contribution in [2.75, 3.05) is 18.0 Å². The molecule has 4 nitrogen and oxygen atoms in total. The highest BCUT2D eigenvalue weighted by molar-refractivity contribution is 8.00. The molecule has 2 amide bonds. The lowest BCUT2D eigenvalue weighted by molar-refractivity contribution is -0.140. The quantitative estimate of drug-likeness (QED) is 0.668. The maximum absolute atomic E-state index is 11.8. The van der Waals surface area contributed by atoms with Gasteiger partial charge < -0.3 is 5.73 Å². The number of carbonyl (C=O) groups excluding carboxylic acids is 2. The van der Waals surface area contributed by atoms with E-state index in [4.69, 9.17) is 5.73 Å². The Kier molecular flexibility index (Phi) is 3.91. The van der Waals surface area contributed by atoms with Gasteiger partial charge in [-0.15, -0.1) is 11.8 Å². The molecular formula is C13H16N2O2S. The molecule has 1 aliphatic rings. The van der Waals surface area contributed by atoms with E-state index in [1.807, 2.05) is 25.1 Å². The zero-order valence-electron chi connectivity index (χ0n) is 10.3. The van der Waals surface area contributed by atoms with Gasteiger partial charge in [-0.05, 0) is 37.1 Å². The van der Waals surface area contributed by atoms with E-state index in [2.05, 4.69) is 0 Å². The Bertz CT molecular complexity index is 488. The van der Waals surface area contributed by atoms with Crippen molar-refractivity contribution >= 4 is 29.3 Å². The van der Waals surface area contributed by atoms with Crippen molar-refractivity contribution in [3.8, 4) is 0 Å². The van der Waals surface area contributed by atoms with E-state index in [-0.39, 0.29) is 11.8 Å². The van der Waals surface area contributed by atoms with Gasteiger partial charge in [-0.25, -0.2) is 0 Å². The Morgan fingerprint density at radius 1 is 1.50 bits per heavy atom. The van der Waals surface area contributed by atoms with E-state index >= 15 is 0 Å². The molecule has 1 heterocycles. The van der Waals surface area contributed by atoms with Crippen LogP contribution in [0.5, 0.6) is 0 Å². The van der Waals surface area contributed by atoms with Crippen molar-refractivity contribution in [3.05, 3.63) is 23.8 Å². The molecule has 2 rings (SSSR count). The molecule has 5 heteroatoms. The third kappa shape index (κ3) is 2.85. The first-order chi connectivity index (χ1) is 8.58. The SMILES string of the molecule is Cc1cc(SCC(=O)N2CCCC2=O)ccc1N. The number of nitrogens with two attached hydrogens (primary N) is 1. The maximum atomic E-state index is 11.8. The number of aryl methyl sites for hydroxylation is 1. The molecule has 0 unspecified atom stereocenters. The summed E-state index contributed by atoms with van der Waals surface area (Å²) in [7, 11) is 0. The molecule has 1 aromatic carbocycles. The smallest absolute Gasteiger partial charge is 0.239 e. The zero-order valence-corrected chi connectivity index (χ0v) is 11.1. The number of rotatable bonds is 3. The van der Waals surface area contributed by atoms with E-state index in [0.717, 1.165) is 22.6 Å². The molecule has 1 aromatic rings. The fourth-order valence-electron chi connectivity index (χ4n) is 1.87. The van der Waals surface area contributed by atoms with Crippen LogP contribution in [0.2, 0.25) is 0 Å². The number of carbonyl (C=O) groups is 2. The number of amides is 2. The normalized spacial score (nSPS) is 15.2. The first-order valence-corrected chi connectivity index (χ1v) is 6.88. The number of thioether (sulfide) groups is 1. The number of anilines is 1. The fourth-order valence-corrected chi connectivity index (χ4v) is 2.74. The molecule has 0 spiro atoms. The highest BCUT2D eigenvalue weighted by atomic mass is 32.2. The average Bonchev–Trinajstić information content (AvgIpc) is 2.77. The molecule has 0 saturated carbocycles. The highest BCUT2D eigenvalue weighted by Gasteiger charge is 2.25. The van der Waals surface area contributed by atoms with Crippen LogP contribution in [0.25, 0.3) is 0 Å². The first-order valence-electron chi connectivity index (χ1n) is 5.90. The number of hydrogen-bond donors (Lipinski definition) is 1. The summed E-state index contributed by atoms with van der Waals surface area (Å²) >= 11 is 1.44. The standard InChI is InChI=1S/C13H16N2O2S/c1-9-7-10(4-5-11(9)14)18-8-13(17)15-6-2-3-12(15)16/h4-5,7H,2-3,6,8,14H2,1H3. The summed E-state index contributed by atoms with van der Waals surface area (Å²) in [5, 5.41) is 0. The van der Waals surface area contributed by atoms with Crippen LogP contribution in [0.15, 0.2) is 23.1 Å². The number of nitrogens with zero attached hydrogens (tertiary/aromatic N) is 1. The Balaban J connectivity index is 1.93. The molecule has 18 heavy (non-hydrogen) atoms. The van der Waals surface area contributed by atoms with E-state index in [0.29, 0.717) is 18.7 Å². The van der Waals surface area contributed by atoms with E-state index in [9.17, 15) is 9.59 Å². The second kappa shape index (κ2) is 5.44. The first kappa shape index (κ1) is 13.0. The van der Waals surface area contributed by atoms with Crippen LogP contribution in [-0.2, 0) is 9.59 Å². The zero-order chi connectivity index (χ0) is 13.1. The lowest BCUT2D eigenvalue weighted by Crippen LogP contribution is -2.33. The molecule has 0 aromatic heterocycles. The third-order valence-electron chi connectivity index (χ3n) is 2.98. The highest BCUT2D eigenvalue weighted by Crippen LogP contribution is 2.23. The van der Waals surface area contributed by atoms with E-state index in [1.54, 1.807) is 0 Å². The number of likely N-dealkylation sites (tertiary alicyclic amines) is 1. The summed E-state index contributed by atoms with van der Waals surface area (Å²) in [6.45, 7) is 2.50. The molecule has 0 radical (unpaired) electrons. The van der Waals surface area contributed by atoms with Gasteiger partial charge >= 0.3 is 0 Å². The number of benzene rings is 1. The van der Waals surface area contributed by atoms with Gasteiger partial charge in [0.2, 0.25) is 11.8 Å². The minimum Gasteiger partial charge on any atom is -0.399 e. The third-order valence-corrected chi connectivity index (χ3v) is 3.96. The Morgan fingerprint density at radius 2 is 2.28 bits per heavy atom. The van der Waals surface area contributed by atoms with Gasteiger partial charge in [-0.1, -0.05) is 0 Å². The minimum absolute atomic E-state index is 0.0471. The van der Waals surface area contributed by atoms with Crippen molar-refractivity contribution in [3.63, 3.8) is 0 Å². The van der Waals surface area contributed by atoms with Gasteiger partial charge in [0.25, 0.3) is 0 Å². The average molecular weight is 264 g/mol. The lowest BCUT2D eigenvalue weighted by Gasteiger charge is -2.13. The van der Waals surface area contributed by atoms with E-state index < -0.39 is 0 Å². The maximum Gasteiger partial charge on any atom is 0.239 e. The van der Waals surface area contributed by atoms with Crippen LogP contribution in [0.4, 0.5) is 5.69 Å². The van der Waals surface area contributed by atoms with Crippen molar-refractivity contribution < 1.29 is 9.59 Å². The summed E-state index contributed by atoms with van der Waals surface area (Å²) in [6.07, 6.45) is 1.29. The summed E-state index contributed by atoms with van der Waals surface area (Å²) in [4.78, 5) is 25.6. The number of imide groups is 1. The van der Waals surface area contributed by atoms with Gasteiger partial charge in [-0.3, -0.25) is 14.5 Å². The Labute approximate surface area is 111 Å².